The van der Waals surface area contributed by atoms with Crippen molar-refractivity contribution in [2.45, 2.75) is 19.4 Å². The van der Waals surface area contributed by atoms with Gasteiger partial charge in [0.05, 0.1) is 26.2 Å². The van der Waals surface area contributed by atoms with Crippen molar-refractivity contribution in [2.24, 2.45) is 0 Å². The van der Waals surface area contributed by atoms with E-state index in [1.165, 1.54) is 0 Å². The lowest BCUT2D eigenvalue weighted by Gasteiger charge is -2.17. The fourth-order valence-corrected chi connectivity index (χ4v) is 1.91. The highest BCUT2D eigenvalue weighted by atomic mass is 16.5. The zero-order valence-corrected chi connectivity index (χ0v) is 9.43. The fourth-order valence-electron chi connectivity index (χ4n) is 1.91. The number of carbonyl (C=O) groups excluding carboxylic acids is 1. The molecule has 86 valence electrons. The number of amides is 1. The van der Waals surface area contributed by atoms with E-state index in [4.69, 9.17) is 4.74 Å². The number of hydrogen-bond donors (Lipinski definition) is 1. The maximum Gasteiger partial charge on any atom is 0.229 e. The highest BCUT2D eigenvalue weighted by Gasteiger charge is 2.29. The average Bonchev–Trinajstić information content (AvgIpc) is 2.59. The summed E-state index contributed by atoms with van der Waals surface area (Å²) in [5.74, 6) is 0.713. The van der Waals surface area contributed by atoms with Gasteiger partial charge in [0, 0.05) is 11.8 Å². The lowest BCUT2D eigenvalue weighted by molar-refractivity contribution is -0.117. The maximum absolute atomic E-state index is 11.6. The molecule has 2 rings (SSSR count). The van der Waals surface area contributed by atoms with Crippen LogP contribution in [0.1, 0.15) is 12.0 Å². The molecule has 16 heavy (non-hydrogen) atoms. The Labute approximate surface area is 94.4 Å². The third-order valence-electron chi connectivity index (χ3n) is 2.81. The zero-order chi connectivity index (χ0) is 11.7. The average molecular weight is 221 g/mol. The molecule has 4 nitrogen and oxygen atoms in total. The number of aryl methyl sites for hydroxylation is 1. The van der Waals surface area contributed by atoms with E-state index in [0.717, 1.165) is 17.0 Å². The first-order valence-corrected chi connectivity index (χ1v) is 5.25. The van der Waals surface area contributed by atoms with Gasteiger partial charge in [0.25, 0.3) is 0 Å². The van der Waals surface area contributed by atoms with Crippen molar-refractivity contribution in [3.8, 4) is 5.75 Å². The minimum atomic E-state index is -0.556. The van der Waals surface area contributed by atoms with Gasteiger partial charge in [0.1, 0.15) is 5.75 Å². The van der Waals surface area contributed by atoms with Crippen molar-refractivity contribution < 1.29 is 14.6 Å². The van der Waals surface area contributed by atoms with Gasteiger partial charge in [-0.05, 0) is 18.6 Å². The Balaban J connectivity index is 2.30. The Morgan fingerprint density at radius 3 is 2.81 bits per heavy atom. The molecule has 0 radical (unpaired) electrons. The molecule has 0 bridgehead atoms. The van der Waals surface area contributed by atoms with E-state index in [1.54, 1.807) is 12.0 Å². The summed E-state index contributed by atoms with van der Waals surface area (Å²) in [6, 6.07) is 5.60. The van der Waals surface area contributed by atoms with Crippen LogP contribution in [0.4, 0.5) is 5.69 Å². The molecule has 1 saturated heterocycles. The number of hydrogen-bond acceptors (Lipinski definition) is 3. The predicted molar refractivity (Wildman–Crippen MR) is 60.7 cm³/mol. The third-order valence-corrected chi connectivity index (χ3v) is 2.81. The molecule has 0 spiro atoms. The van der Waals surface area contributed by atoms with E-state index >= 15 is 0 Å². The Bertz CT molecular complexity index is 417. The first-order chi connectivity index (χ1) is 7.61. The van der Waals surface area contributed by atoms with Crippen LogP contribution in [-0.2, 0) is 4.79 Å². The van der Waals surface area contributed by atoms with Crippen molar-refractivity contribution in [2.75, 3.05) is 18.6 Å². The number of aliphatic hydroxyl groups excluding tert-OH is 1. The summed E-state index contributed by atoms with van der Waals surface area (Å²) < 4.78 is 5.21. The number of ether oxygens (including phenoxy) is 1. The molecular formula is C12H15NO3. The molecule has 0 aliphatic carbocycles. The van der Waals surface area contributed by atoms with E-state index in [9.17, 15) is 9.90 Å². The van der Waals surface area contributed by atoms with Crippen molar-refractivity contribution in [1.29, 1.82) is 0 Å². The molecule has 1 unspecified atom stereocenters. The second kappa shape index (κ2) is 4.14. The number of carbonyl (C=O) groups is 1. The van der Waals surface area contributed by atoms with Gasteiger partial charge in [0.2, 0.25) is 5.91 Å². The molecule has 0 aromatic heterocycles. The Morgan fingerprint density at radius 2 is 2.25 bits per heavy atom. The SMILES string of the molecule is COc1cc(N2CC(O)CC2=O)ccc1C. The number of nitrogens with zero attached hydrogens (tertiary/aromatic N) is 1. The summed E-state index contributed by atoms with van der Waals surface area (Å²) in [6.07, 6.45) is -0.351. The van der Waals surface area contributed by atoms with Crippen LogP contribution in [0.15, 0.2) is 18.2 Å². The highest BCUT2D eigenvalue weighted by Crippen LogP contribution is 2.27. The van der Waals surface area contributed by atoms with Crippen molar-refractivity contribution in [1.82, 2.24) is 0 Å². The fraction of sp³-hybridized carbons (Fsp3) is 0.417. The molecule has 1 amide bonds. The highest BCUT2D eigenvalue weighted by molar-refractivity contribution is 5.96. The smallest absolute Gasteiger partial charge is 0.229 e. The monoisotopic (exact) mass is 221 g/mol. The molecule has 1 aromatic rings. The third kappa shape index (κ3) is 1.88. The van der Waals surface area contributed by atoms with Gasteiger partial charge in [-0.25, -0.2) is 0 Å². The van der Waals surface area contributed by atoms with Crippen molar-refractivity contribution in [3.05, 3.63) is 23.8 Å². The number of β-amino-alcohol motifs (C(OH)–C–C–N with tert-alkyl or cyclic N) is 1. The van der Waals surface area contributed by atoms with Crippen LogP contribution >= 0.6 is 0 Å². The lowest BCUT2D eigenvalue weighted by Crippen LogP contribution is -2.25. The van der Waals surface area contributed by atoms with E-state index < -0.39 is 6.10 Å². The first kappa shape index (κ1) is 11.0. The van der Waals surface area contributed by atoms with Crippen LogP contribution in [0.3, 0.4) is 0 Å². The topological polar surface area (TPSA) is 49.8 Å². The van der Waals surface area contributed by atoms with E-state index in [-0.39, 0.29) is 12.3 Å². The van der Waals surface area contributed by atoms with Gasteiger partial charge in [0.15, 0.2) is 0 Å². The minimum Gasteiger partial charge on any atom is -0.496 e. The predicted octanol–water partition coefficient (Wildman–Crippen LogP) is 1.10. The molecule has 1 aliphatic heterocycles. The van der Waals surface area contributed by atoms with Gasteiger partial charge < -0.3 is 14.7 Å². The van der Waals surface area contributed by atoms with Crippen LogP contribution in [0.25, 0.3) is 0 Å². The van der Waals surface area contributed by atoms with E-state index in [0.29, 0.717) is 6.54 Å². The molecular weight excluding hydrogens is 206 g/mol. The number of benzene rings is 1. The summed E-state index contributed by atoms with van der Waals surface area (Å²) >= 11 is 0. The Hall–Kier alpha value is -1.55. The summed E-state index contributed by atoms with van der Waals surface area (Å²) in [7, 11) is 1.60. The number of aliphatic hydroxyl groups is 1. The minimum absolute atomic E-state index is 0.0431. The Morgan fingerprint density at radius 1 is 1.50 bits per heavy atom. The second-order valence-corrected chi connectivity index (χ2v) is 4.02. The Kier molecular flexibility index (Phi) is 2.83. The quantitative estimate of drug-likeness (QED) is 0.813. The van der Waals surface area contributed by atoms with Crippen LogP contribution in [0, 0.1) is 6.92 Å². The standard InChI is InChI=1S/C12H15NO3/c1-8-3-4-9(5-11(8)16-2)13-7-10(14)6-12(13)15/h3-5,10,14H,6-7H2,1-2H3. The summed E-state index contributed by atoms with van der Waals surface area (Å²) in [6.45, 7) is 2.31. The second-order valence-electron chi connectivity index (χ2n) is 4.02. The molecule has 1 heterocycles. The first-order valence-electron chi connectivity index (χ1n) is 5.25. The van der Waals surface area contributed by atoms with Crippen molar-refractivity contribution >= 4 is 11.6 Å². The number of anilines is 1. The van der Waals surface area contributed by atoms with Gasteiger partial charge in [-0.15, -0.1) is 0 Å². The van der Waals surface area contributed by atoms with E-state index in [1.807, 2.05) is 25.1 Å². The summed E-state index contributed by atoms with van der Waals surface area (Å²) in [5, 5.41) is 9.42. The van der Waals surface area contributed by atoms with Gasteiger partial charge in [-0.1, -0.05) is 6.07 Å². The van der Waals surface area contributed by atoms with Crippen LogP contribution < -0.4 is 9.64 Å². The van der Waals surface area contributed by atoms with Gasteiger partial charge in [-0.2, -0.15) is 0 Å². The summed E-state index contributed by atoms with van der Waals surface area (Å²) in [5.41, 5.74) is 1.81. The maximum atomic E-state index is 11.6. The van der Waals surface area contributed by atoms with Crippen LogP contribution in [0.2, 0.25) is 0 Å². The molecule has 1 fully saturated rings. The summed E-state index contributed by atoms with van der Waals surface area (Å²) in [4.78, 5) is 13.2. The molecule has 1 aliphatic rings. The van der Waals surface area contributed by atoms with Crippen LogP contribution in [0.5, 0.6) is 5.75 Å². The number of methoxy groups -OCH3 is 1. The van der Waals surface area contributed by atoms with E-state index in [2.05, 4.69) is 0 Å². The molecule has 1 N–H and O–H groups in total. The van der Waals surface area contributed by atoms with Crippen molar-refractivity contribution in [3.63, 3.8) is 0 Å². The molecule has 1 atom stereocenters. The zero-order valence-electron chi connectivity index (χ0n) is 9.43. The molecule has 0 saturated carbocycles. The molecule has 4 heteroatoms. The van der Waals surface area contributed by atoms with Gasteiger partial charge >= 0.3 is 0 Å². The van der Waals surface area contributed by atoms with Crippen LogP contribution in [-0.4, -0.2) is 30.8 Å². The normalized spacial score (nSPS) is 20.3. The van der Waals surface area contributed by atoms with Gasteiger partial charge in [-0.3, -0.25) is 4.79 Å². The largest absolute Gasteiger partial charge is 0.496 e. The molecule has 1 aromatic carbocycles. The number of rotatable bonds is 2. The lowest BCUT2D eigenvalue weighted by atomic mass is 10.2.